The molecule has 128 valence electrons. The lowest BCUT2D eigenvalue weighted by Gasteiger charge is -2.22. The number of ether oxygens (including phenoxy) is 2. The number of aryl methyl sites for hydroxylation is 2. The molecular formula is C19H23NO4. The molecular weight excluding hydrogens is 306 g/mol. The molecule has 1 aliphatic carbocycles. The molecule has 1 saturated carbocycles. The molecule has 0 radical (unpaired) electrons. The monoisotopic (exact) mass is 329 g/mol. The van der Waals surface area contributed by atoms with Gasteiger partial charge in [0.25, 0.3) is 0 Å². The number of aromatic nitrogens is 1. The first kappa shape index (κ1) is 16.6. The molecule has 0 bridgehead atoms. The number of benzene rings is 1. The summed E-state index contributed by atoms with van der Waals surface area (Å²) in [5, 5.41) is 3.92. The molecule has 0 spiro atoms. The van der Waals surface area contributed by atoms with Gasteiger partial charge in [-0.15, -0.1) is 0 Å². The quantitative estimate of drug-likeness (QED) is 0.763. The zero-order valence-corrected chi connectivity index (χ0v) is 14.2. The number of rotatable bonds is 5. The van der Waals surface area contributed by atoms with E-state index in [1.54, 1.807) is 12.1 Å². The average molecular weight is 329 g/mol. The first-order chi connectivity index (χ1) is 11.6. The van der Waals surface area contributed by atoms with Crippen LogP contribution < -0.4 is 4.74 Å². The lowest BCUT2D eigenvalue weighted by molar-refractivity contribution is 0.0207. The maximum absolute atomic E-state index is 12.5. The zero-order valence-electron chi connectivity index (χ0n) is 14.2. The van der Waals surface area contributed by atoms with E-state index in [4.69, 9.17) is 14.0 Å². The van der Waals surface area contributed by atoms with Crippen LogP contribution in [0.2, 0.25) is 0 Å². The maximum atomic E-state index is 12.5. The number of esters is 1. The van der Waals surface area contributed by atoms with E-state index in [9.17, 15) is 4.79 Å². The van der Waals surface area contributed by atoms with Gasteiger partial charge >= 0.3 is 5.97 Å². The summed E-state index contributed by atoms with van der Waals surface area (Å²) in [6, 6.07) is 7.20. The minimum Gasteiger partial charge on any atom is -0.488 e. The fourth-order valence-electron chi connectivity index (χ4n) is 3.02. The van der Waals surface area contributed by atoms with Gasteiger partial charge in [0.1, 0.15) is 29.8 Å². The van der Waals surface area contributed by atoms with Gasteiger partial charge in [0.2, 0.25) is 0 Å². The van der Waals surface area contributed by atoms with Gasteiger partial charge in [-0.1, -0.05) is 23.7 Å². The molecule has 2 aromatic rings. The Kier molecular flexibility index (Phi) is 5.18. The summed E-state index contributed by atoms with van der Waals surface area (Å²) < 4.78 is 16.6. The fourth-order valence-corrected chi connectivity index (χ4v) is 3.02. The summed E-state index contributed by atoms with van der Waals surface area (Å²) in [6.07, 6.45) is 5.42. The molecule has 1 aliphatic rings. The molecule has 5 nitrogen and oxygen atoms in total. The fraction of sp³-hybridized carbons (Fsp3) is 0.474. The van der Waals surface area contributed by atoms with Crippen molar-refractivity contribution in [2.24, 2.45) is 0 Å². The molecule has 5 heteroatoms. The van der Waals surface area contributed by atoms with Crippen molar-refractivity contribution in [3.8, 4) is 5.75 Å². The Balaban J connectivity index is 1.69. The second kappa shape index (κ2) is 7.51. The highest BCUT2D eigenvalue weighted by Gasteiger charge is 2.21. The molecule has 1 fully saturated rings. The first-order valence-corrected chi connectivity index (χ1v) is 8.49. The molecule has 0 amide bonds. The molecule has 3 rings (SSSR count). The largest absolute Gasteiger partial charge is 0.488 e. The topological polar surface area (TPSA) is 61.6 Å². The highest BCUT2D eigenvalue weighted by Crippen LogP contribution is 2.25. The summed E-state index contributed by atoms with van der Waals surface area (Å²) in [4.78, 5) is 12.5. The molecule has 0 saturated heterocycles. The first-order valence-electron chi connectivity index (χ1n) is 8.49. The molecule has 0 N–H and O–H groups in total. The second-order valence-electron chi connectivity index (χ2n) is 6.25. The Labute approximate surface area is 141 Å². The van der Waals surface area contributed by atoms with Crippen LogP contribution in [-0.2, 0) is 11.3 Å². The van der Waals surface area contributed by atoms with Crippen molar-refractivity contribution in [1.29, 1.82) is 0 Å². The Morgan fingerprint density at radius 3 is 2.67 bits per heavy atom. The predicted octanol–water partition coefficient (Wildman–Crippen LogP) is 4.36. The Morgan fingerprint density at radius 2 is 1.96 bits per heavy atom. The molecule has 0 aliphatic heterocycles. The Morgan fingerprint density at radius 1 is 1.21 bits per heavy atom. The third kappa shape index (κ3) is 3.78. The SMILES string of the molecule is Cc1noc(C)c1COc1ccccc1C(=O)OC1CCCCC1. The number of nitrogens with zero attached hydrogens (tertiary/aromatic N) is 1. The highest BCUT2D eigenvalue weighted by molar-refractivity contribution is 5.92. The maximum Gasteiger partial charge on any atom is 0.342 e. The van der Waals surface area contributed by atoms with Crippen LogP contribution in [0.15, 0.2) is 28.8 Å². The minimum atomic E-state index is -0.309. The third-order valence-electron chi connectivity index (χ3n) is 4.49. The number of carbonyl (C=O) groups is 1. The molecule has 1 aromatic heterocycles. The Bertz CT molecular complexity index is 682. The lowest BCUT2D eigenvalue weighted by Crippen LogP contribution is -2.21. The summed E-state index contributed by atoms with van der Waals surface area (Å²) in [7, 11) is 0. The van der Waals surface area contributed by atoms with Crippen molar-refractivity contribution in [3.05, 3.63) is 46.8 Å². The van der Waals surface area contributed by atoms with Gasteiger partial charge < -0.3 is 14.0 Å². The molecule has 1 heterocycles. The minimum absolute atomic E-state index is 0.0295. The van der Waals surface area contributed by atoms with Gasteiger partial charge in [0.05, 0.1) is 11.3 Å². The van der Waals surface area contributed by atoms with Crippen LogP contribution in [0.1, 0.15) is 59.5 Å². The van der Waals surface area contributed by atoms with E-state index in [-0.39, 0.29) is 12.1 Å². The predicted molar refractivity (Wildman–Crippen MR) is 89.0 cm³/mol. The van der Waals surface area contributed by atoms with Crippen LogP contribution in [0.25, 0.3) is 0 Å². The number of carbonyl (C=O) groups excluding carboxylic acids is 1. The molecule has 1 aromatic carbocycles. The average Bonchev–Trinajstić information content (AvgIpc) is 2.92. The summed E-state index contributed by atoms with van der Waals surface area (Å²) in [6.45, 7) is 4.04. The standard InChI is InChI=1S/C19H23NO4/c1-13-17(14(2)24-20-13)12-22-18-11-7-6-10-16(18)19(21)23-15-8-4-3-5-9-15/h6-7,10-11,15H,3-5,8-9,12H2,1-2H3. The van der Waals surface area contributed by atoms with E-state index in [0.717, 1.165) is 42.7 Å². The van der Waals surface area contributed by atoms with E-state index in [2.05, 4.69) is 5.16 Å². The molecule has 0 unspecified atom stereocenters. The van der Waals surface area contributed by atoms with Crippen molar-refractivity contribution in [1.82, 2.24) is 5.16 Å². The summed E-state index contributed by atoms with van der Waals surface area (Å²) in [5.74, 6) is 0.948. The van der Waals surface area contributed by atoms with Gasteiger partial charge in [-0.05, 0) is 51.7 Å². The van der Waals surface area contributed by atoms with E-state index >= 15 is 0 Å². The molecule has 0 atom stereocenters. The van der Waals surface area contributed by atoms with Crippen LogP contribution in [0.3, 0.4) is 0 Å². The van der Waals surface area contributed by atoms with Crippen LogP contribution in [-0.4, -0.2) is 17.2 Å². The number of hydrogen-bond acceptors (Lipinski definition) is 5. The van der Waals surface area contributed by atoms with E-state index in [1.807, 2.05) is 26.0 Å². The van der Waals surface area contributed by atoms with Gasteiger partial charge in [-0.25, -0.2) is 4.79 Å². The van der Waals surface area contributed by atoms with Crippen LogP contribution in [0.5, 0.6) is 5.75 Å². The van der Waals surface area contributed by atoms with Crippen LogP contribution >= 0.6 is 0 Å². The Hall–Kier alpha value is -2.30. The van der Waals surface area contributed by atoms with Crippen molar-refractivity contribution in [2.75, 3.05) is 0 Å². The number of hydrogen-bond donors (Lipinski definition) is 0. The highest BCUT2D eigenvalue weighted by atomic mass is 16.5. The third-order valence-corrected chi connectivity index (χ3v) is 4.49. The van der Waals surface area contributed by atoms with Crippen molar-refractivity contribution >= 4 is 5.97 Å². The van der Waals surface area contributed by atoms with Crippen LogP contribution in [0.4, 0.5) is 0 Å². The summed E-state index contributed by atoms with van der Waals surface area (Å²) in [5.41, 5.74) is 2.18. The van der Waals surface area contributed by atoms with E-state index in [0.29, 0.717) is 17.9 Å². The molecule has 24 heavy (non-hydrogen) atoms. The van der Waals surface area contributed by atoms with Crippen molar-refractivity contribution < 1.29 is 18.8 Å². The van der Waals surface area contributed by atoms with Crippen molar-refractivity contribution in [2.45, 2.75) is 58.7 Å². The summed E-state index contributed by atoms with van der Waals surface area (Å²) >= 11 is 0. The normalized spacial score (nSPS) is 15.2. The second-order valence-corrected chi connectivity index (χ2v) is 6.25. The van der Waals surface area contributed by atoms with Gasteiger partial charge in [0, 0.05) is 0 Å². The lowest BCUT2D eigenvalue weighted by atomic mass is 9.98. The van der Waals surface area contributed by atoms with E-state index in [1.165, 1.54) is 6.42 Å². The van der Waals surface area contributed by atoms with E-state index < -0.39 is 0 Å². The van der Waals surface area contributed by atoms with Crippen LogP contribution in [0, 0.1) is 13.8 Å². The smallest absolute Gasteiger partial charge is 0.342 e. The van der Waals surface area contributed by atoms with Crippen molar-refractivity contribution in [3.63, 3.8) is 0 Å². The van der Waals surface area contributed by atoms with Gasteiger partial charge in [-0.2, -0.15) is 0 Å². The van der Waals surface area contributed by atoms with Gasteiger partial charge in [0.15, 0.2) is 0 Å². The number of para-hydroxylation sites is 1. The van der Waals surface area contributed by atoms with Gasteiger partial charge in [-0.3, -0.25) is 0 Å². The zero-order chi connectivity index (χ0) is 16.9.